The lowest BCUT2D eigenvalue weighted by molar-refractivity contribution is 0.0870. The Bertz CT molecular complexity index is 175. The van der Waals surface area contributed by atoms with Crippen molar-refractivity contribution in [3.8, 4) is 0 Å². The molecule has 0 aromatic rings. The summed E-state index contributed by atoms with van der Waals surface area (Å²) in [5.74, 6) is 0. The highest BCUT2D eigenvalue weighted by molar-refractivity contribution is 6.74. The first kappa shape index (κ1) is 17.2. The highest BCUT2D eigenvalue weighted by atomic mass is 28.5. The van der Waals surface area contributed by atoms with Crippen LogP contribution in [0.4, 0.5) is 0 Å². The molecule has 0 heterocycles. The van der Waals surface area contributed by atoms with E-state index in [-0.39, 0.29) is 0 Å². The van der Waals surface area contributed by atoms with E-state index in [9.17, 15) is 0 Å². The van der Waals surface area contributed by atoms with E-state index < -0.39 is 17.6 Å². The average Bonchev–Trinajstić information content (AvgIpc) is 2.37. The Morgan fingerprint density at radius 3 is 1.18 bits per heavy atom. The van der Waals surface area contributed by atoms with Crippen LogP contribution < -0.4 is 0 Å². The van der Waals surface area contributed by atoms with Crippen molar-refractivity contribution in [3.63, 3.8) is 0 Å². The monoisotopic (exact) mass is 280 g/mol. The largest absolute Gasteiger partial charge is 0.493 e. The molecule has 0 fully saturated rings. The molecule has 0 rings (SSSR count). The van der Waals surface area contributed by atoms with Gasteiger partial charge in [-0.3, -0.25) is 0 Å². The zero-order chi connectivity index (χ0) is 13.4. The van der Waals surface area contributed by atoms with Crippen LogP contribution in [0, 0.1) is 13.8 Å². The SMILES string of the molecule is [CH2]CC[Si](OC)(OC)O[Si](CC[CH2])(OC)OC. The fourth-order valence-electron chi connectivity index (χ4n) is 1.51. The quantitative estimate of drug-likeness (QED) is 0.572. The molecule has 0 N–H and O–H groups in total. The van der Waals surface area contributed by atoms with Crippen molar-refractivity contribution in [1.82, 2.24) is 0 Å². The van der Waals surface area contributed by atoms with Gasteiger partial charge in [-0.2, -0.15) is 0 Å². The van der Waals surface area contributed by atoms with Gasteiger partial charge in [-0.05, 0) is 12.8 Å². The predicted molar refractivity (Wildman–Crippen MR) is 70.2 cm³/mol. The standard InChI is InChI=1S/C10H24O5Si2/c1-7-9-16(11-3,12-4)15-17(13-5,14-6)10-8-2/h1-2,7-10H2,3-6H3. The van der Waals surface area contributed by atoms with Crippen molar-refractivity contribution >= 4 is 17.6 Å². The molecule has 102 valence electrons. The molecule has 0 unspecified atom stereocenters. The van der Waals surface area contributed by atoms with Crippen molar-refractivity contribution in [3.05, 3.63) is 13.8 Å². The molecule has 0 aromatic carbocycles. The molecular formula is C10H24O5Si2. The highest BCUT2D eigenvalue weighted by Crippen LogP contribution is 2.25. The van der Waals surface area contributed by atoms with Crippen LogP contribution in [0.1, 0.15) is 12.8 Å². The van der Waals surface area contributed by atoms with Crippen LogP contribution in [-0.2, 0) is 21.8 Å². The minimum Gasteiger partial charge on any atom is -0.377 e. The molecule has 0 aliphatic carbocycles. The molecule has 0 aromatic heterocycles. The molecule has 0 aliphatic heterocycles. The van der Waals surface area contributed by atoms with E-state index in [1.54, 1.807) is 28.4 Å². The van der Waals surface area contributed by atoms with Crippen LogP contribution in [0.3, 0.4) is 0 Å². The Hall–Kier alpha value is 0.234. The Balaban J connectivity index is 4.89. The summed E-state index contributed by atoms with van der Waals surface area (Å²) < 4.78 is 27.8. The molecule has 0 amide bonds. The van der Waals surface area contributed by atoms with Crippen molar-refractivity contribution < 1.29 is 21.8 Å². The second-order valence-electron chi connectivity index (χ2n) is 3.49. The number of rotatable bonds is 10. The maximum absolute atomic E-state index is 6.01. The normalized spacial score (nSPS) is 13.1. The van der Waals surface area contributed by atoms with Crippen molar-refractivity contribution in [2.24, 2.45) is 0 Å². The third kappa shape index (κ3) is 4.78. The molecule has 0 aliphatic rings. The second kappa shape index (κ2) is 8.36. The lowest BCUT2D eigenvalue weighted by Crippen LogP contribution is -2.57. The maximum Gasteiger partial charge on any atom is 0.493 e. The van der Waals surface area contributed by atoms with Gasteiger partial charge in [-0.1, -0.05) is 13.8 Å². The summed E-state index contributed by atoms with van der Waals surface area (Å²) in [6, 6.07) is 1.28. The van der Waals surface area contributed by atoms with Crippen LogP contribution in [0.15, 0.2) is 0 Å². The predicted octanol–water partition coefficient (Wildman–Crippen LogP) is 1.91. The van der Waals surface area contributed by atoms with Gasteiger partial charge in [0.25, 0.3) is 0 Å². The Kier molecular flexibility index (Phi) is 8.47. The Labute approximate surface area is 107 Å². The summed E-state index contributed by atoms with van der Waals surface area (Å²) in [7, 11) is 0.860. The van der Waals surface area contributed by atoms with Crippen LogP contribution in [0.25, 0.3) is 0 Å². The minimum atomic E-state index is -2.74. The van der Waals surface area contributed by atoms with Crippen molar-refractivity contribution in [2.75, 3.05) is 28.4 Å². The highest BCUT2D eigenvalue weighted by Gasteiger charge is 2.50. The van der Waals surface area contributed by atoms with Gasteiger partial charge >= 0.3 is 17.6 Å². The van der Waals surface area contributed by atoms with E-state index in [0.29, 0.717) is 24.9 Å². The first-order chi connectivity index (χ1) is 8.07. The van der Waals surface area contributed by atoms with E-state index in [1.165, 1.54) is 0 Å². The summed E-state index contributed by atoms with van der Waals surface area (Å²) in [6.07, 6.45) is 1.35. The third-order valence-corrected chi connectivity index (χ3v) is 9.43. The topological polar surface area (TPSA) is 46.2 Å². The summed E-state index contributed by atoms with van der Waals surface area (Å²) in [5.41, 5.74) is 0. The summed E-state index contributed by atoms with van der Waals surface area (Å²) >= 11 is 0. The molecule has 0 saturated carbocycles. The van der Waals surface area contributed by atoms with Gasteiger partial charge in [0.15, 0.2) is 0 Å². The van der Waals surface area contributed by atoms with E-state index in [4.69, 9.17) is 21.8 Å². The van der Waals surface area contributed by atoms with Crippen LogP contribution >= 0.6 is 0 Å². The average molecular weight is 280 g/mol. The number of hydrogen-bond donors (Lipinski definition) is 0. The fourth-order valence-corrected chi connectivity index (χ4v) is 7.57. The van der Waals surface area contributed by atoms with Gasteiger partial charge < -0.3 is 21.8 Å². The number of hydrogen-bond acceptors (Lipinski definition) is 5. The molecular weight excluding hydrogens is 256 g/mol. The molecule has 7 heteroatoms. The van der Waals surface area contributed by atoms with E-state index in [1.807, 2.05) is 0 Å². The molecule has 0 atom stereocenters. The lowest BCUT2D eigenvalue weighted by atomic mass is 10.6. The van der Waals surface area contributed by atoms with Gasteiger partial charge in [-0.25, -0.2) is 0 Å². The van der Waals surface area contributed by atoms with Crippen molar-refractivity contribution in [1.29, 1.82) is 0 Å². The van der Waals surface area contributed by atoms with Crippen LogP contribution in [-0.4, -0.2) is 46.0 Å². The third-order valence-electron chi connectivity index (χ3n) is 2.52. The summed E-state index contributed by atoms with van der Waals surface area (Å²) in [5, 5.41) is 0. The molecule has 0 spiro atoms. The van der Waals surface area contributed by atoms with Gasteiger partial charge in [0.2, 0.25) is 0 Å². The zero-order valence-electron chi connectivity index (χ0n) is 11.3. The van der Waals surface area contributed by atoms with Gasteiger partial charge in [0.1, 0.15) is 0 Å². The molecule has 2 radical (unpaired) electrons. The van der Waals surface area contributed by atoms with Gasteiger partial charge in [-0.15, -0.1) is 0 Å². The first-order valence-corrected chi connectivity index (χ1v) is 9.43. The van der Waals surface area contributed by atoms with E-state index >= 15 is 0 Å². The zero-order valence-corrected chi connectivity index (χ0v) is 13.3. The summed E-state index contributed by atoms with van der Waals surface area (Å²) in [4.78, 5) is 0. The lowest BCUT2D eigenvalue weighted by Gasteiger charge is -2.35. The maximum atomic E-state index is 6.01. The molecule has 17 heavy (non-hydrogen) atoms. The van der Waals surface area contributed by atoms with Crippen LogP contribution in [0.5, 0.6) is 0 Å². The smallest absolute Gasteiger partial charge is 0.377 e. The van der Waals surface area contributed by atoms with E-state index in [2.05, 4.69) is 13.8 Å². The molecule has 0 saturated heterocycles. The molecule has 0 bridgehead atoms. The molecule has 5 nitrogen and oxygen atoms in total. The fraction of sp³-hybridized carbons (Fsp3) is 0.800. The van der Waals surface area contributed by atoms with Gasteiger partial charge in [0.05, 0.1) is 0 Å². The Morgan fingerprint density at radius 1 is 0.706 bits per heavy atom. The van der Waals surface area contributed by atoms with Crippen molar-refractivity contribution in [2.45, 2.75) is 24.9 Å². The van der Waals surface area contributed by atoms with Gasteiger partial charge in [0, 0.05) is 40.5 Å². The van der Waals surface area contributed by atoms with Crippen LogP contribution in [0.2, 0.25) is 12.1 Å². The van der Waals surface area contributed by atoms with E-state index in [0.717, 1.165) is 0 Å². The Morgan fingerprint density at radius 2 is 1.00 bits per heavy atom. The second-order valence-corrected chi connectivity index (χ2v) is 9.67. The minimum absolute atomic E-state index is 0.638. The first-order valence-electron chi connectivity index (χ1n) is 5.56. The summed E-state index contributed by atoms with van der Waals surface area (Å²) in [6.45, 7) is 7.62.